The van der Waals surface area contributed by atoms with Crippen LogP contribution < -0.4 is 0 Å². The lowest BCUT2D eigenvalue weighted by atomic mass is 9.70. The number of hydrogen-bond acceptors (Lipinski definition) is 2. The van der Waals surface area contributed by atoms with Gasteiger partial charge in [-0.25, -0.2) is 9.97 Å². The van der Waals surface area contributed by atoms with Gasteiger partial charge in [0.15, 0.2) is 5.82 Å². The van der Waals surface area contributed by atoms with Crippen molar-refractivity contribution in [1.82, 2.24) is 9.97 Å². The Balaban J connectivity index is 0.867. The average Bonchev–Trinajstić information content (AvgIpc) is 4.02. The van der Waals surface area contributed by atoms with Crippen molar-refractivity contribution < 1.29 is 0 Å². The van der Waals surface area contributed by atoms with Crippen LogP contribution in [0.25, 0.3) is 122 Å². The highest BCUT2D eigenvalue weighted by molar-refractivity contribution is 6.29. The van der Waals surface area contributed by atoms with E-state index in [2.05, 4.69) is 249 Å². The minimum absolute atomic E-state index is 0.373. The lowest BCUT2D eigenvalue weighted by Crippen LogP contribution is -2.25. The van der Waals surface area contributed by atoms with Gasteiger partial charge in [-0.1, -0.05) is 243 Å². The molecule has 0 N–H and O–H groups in total. The average molecular weight is 925 g/mol. The van der Waals surface area contributed by atoms with Gasteiger partial charge in [-0.2, -0.15) is 0 Å². The van der Waals surface area contributed by atoms with Crippen molar-refractivity contribution in [3.05, 3.63) is 289 Å². The van der Waals surface area contributed by atoms with E-state index in [0.717, 1.165) is 39.2 Å². The zero-order valence-electron chi connectivity index (χ0n) is 39.8. The number of nitrogens with zero attached hydrogens (tertiary/aromatic N) is 2. The van der Waals surface area contributed by atoms with E-state index in [9.17, 15) is 0 Å². The Bertz CT molecular complexity index is 4320. The van der Waals surface area contributed by atoms with Crippen molar-refractivity contribution in [2.45, 2.75) is 5.41 Å². The normalized spacial score (nSPS) is 12.8. The molecule has 73 heavy (non-hydrogen) atoms. The molecule has 0 bridgehead atoms. The third-order valence-corrected chi connectivity index (χ3v) is 15.7. The van der Waals surface area contributed by atoms with Gasteiger partial charge in [0.25, 0.3) is 0 Å². The molecule has 338 valence electrons. The quantitative estimate of drug-likeness (QED) is 0.155. The second-order valence-corrected chi connectivity index (χ2v) is 19.5. The Hall–Kier alpha value is -9.50. The maximum absolute atomic E-state index is 5.23. The summed E-state index contributed by atoms with van der Waals surface area (Å²) in [6, 6.07) is 97.8. The molecule has 1 spiro atoms. The van der Waals surface area contributed by atoms with Gasteiger partial charge in [-0.15, -0.1) is 0 Å². The van der Waals surface area contributed by atoms with Crippen LogP contribution in [0.1, 0.15) is 22.3 Å². The summed E-state index contributed by atoms with van der Waals surface area (Å²) >= 11 is 0. The van der Waals surface area contributed by atoms with E-state index >= 15 is 0 Å². The van der Waals surface area contributed by atoms with Crippen molar-refractivity contribution in [3.8, 4) is 89.5 Å². The summed E-state index contributed by atoms with van der Waals surface area (Å²) in [5.74, 6) is 0.701. The minimum Gasteiger partial charge on any atom is -0.228 e. The zero-order chi connectivity index (χ0) is 48.0. The fourth-order valence-corrected chi connectivity index (χ4v) is 12.5. The number of fused-ring (bicyclic) bond motifs is 16. The van der Waals surface area contributed by atoms with E-state index < -0.39 is 0 Å². The fraction of sp³-hybridized carbons (Fsp3) is 0.0141. The monoisotopic (exact) mass is 924 g/mol. The van der Waals surface area contributed by atoms with Crippen LogP contribution in [0, 0.1) is 0 Å². The molecule has 0 atom stereocenters. The van der Waals surface area contributed by atoms with E-state index in [1.807, 2.05) is 18.2 Å². The molecule has 12 aromatic carbocycles. The lowest BCUT2D eigenvalue weighted by molar-refractivity contribution is 0.794. The van der Waals surface area contributed by atoms with Gasteiger partial charge in [0.05, 0.1) is 16.8 Å². The zero-order valence-corrected chi connectivity index (χ0v) is 39.8. The lowest BCUT2D eigenvalue weighted by Gasteiger charge is -2.30. The molecule has 13 aromatic rings. The summed E-state index contributed by atoms with van der Waals surface area (Å²) in [5, 5.41) is 7.50. The topological polar surface area (TPSA) is 25.8 Å². The molecule has 0 radical (unpaired) electrons. The maximum Gasteiger partial charge on any atom is 0.160 e. The van der Waals surface area contributed by atoms with Crippen molar-refractivity contribution in [2.24, 2.45) is 0 Å². The highest BCUT2D eigenvalue weighted by Crippen LogP contribution is 2.63. The molecule has 0 fully saturated rings. The van der Waals surface area contributed by atoms with Gasteiger partial charge in [-0.05, 0) is 134 Å². The number of benzene rings is 12. The third-order valence-electron chi connectivity index (χ3n) is 15.7. The predicted octanol–water partition coefficient (Wildman–Crippen LogP) is 18.3. The fourth-order valence-electron chi connectivity index (χ4n) is 12.5. The molecule has 1 heterocycles. The molecule has 0 unspecified atom stereocenters. The first kappa shape index (κ1) is 41.3. The summed E-state index contributed by atoms with van der Waals surface area (Å²) in [5.41, 5.74) is 22.2. The molecule has 0 saturated heterocycles. The number of hydrogen-bond donors (Lipinski definition) is 0. The van der Waals surface area contributed by atoms with E-state index in [-0.39, 0.29) is 5.41 Å². The molecular formula is C71H44N2. The van der Waals surface area contributed by atoms with Crippen LogP contribution in [0.2, 0.25) is 0 Å². The Labute approximate surface area is 424 Å². The Morgan fingerprint density at radius 2 is 0.658 bits per heavy atom. The van der Waals surface area contributed by atoms with Gasteiger partial charge >= 0.3 is 0 Å². The smallest absolute Gasteiger partial charge is 0.160 e. The molecule has 0 saturated carbocycles. The van der Waals surface area contributed by atoms with Gasteiger partial charge in [-0.3, -0.25) is 0 Å². The predicted molar refractivity (Wildman–Crippen MR) is 303 cm³/mol. The van der Waals surface area contributed by atoms with Crippen molar-refractivity contribution >= 4 is 32.3 Å². The molecule has 2 nitrogen and oxygen atoms in total. The van der Waals surface area contributed by atoms with Crippen LogP contribution >= 0.6 is 0 Å². The van der Waals surface area contributed by atoms with E-state index in [1.54, 1.807) is 0 Å². The largest absolute Gasteiger partial charge is 0.228 e. The van der Waals surface area contributed by atoms with Crippen LogP contribution in [0.4, 0.5) is 0 Å². The summed E-state index contributed by atoms with van der Waals surface area (Å²) in [4.78, 5) is 10.4. The molecule has 2 heteroatoms. The maximum atomic E-state index is 5.23. The van der Waals surface area contributed by atoms with Gasteiger partial charge in [0.2, 0.25) is 0 Å². The minimum atomic E-state index is -0.373. The second-order valence-electron chi connectivity index (χ2n) is 19.5. The summed E-state index contributed by atoms with van der Waals surface area (Å²) in [7, 11) is 0. The number of rotatable bonds is 6. The Morgan fingerprint density at radius 1 is 0.219 bits per heavy atom. The molecule has 2 aliphatic carbocycles. The van der Waals surface area contributed by atoms with Gasteiger partial charge in [0, 0.05) is 16.7 Å². The second kappa shape index (κ2) is 16.3. The molecule has 0 aliphatic heterocycles. The van der Waals surface area contributed by atoms with Crippen molar-refractivity contribution in [1.29, 1.82) is 0 Å². The van der Waals surface area contributed by atoms with Crippen molar-refractivity contribution in [2.75, 3.05) is 0 Å². The third kappa shape index (κ3) is 6.30. The summed E-state index contributed by atoms with van der Waals surface area (Å²) < 4.78 is 0. The van der Waals surface area contributed by atoms with Crippen LogP contribution in [0.15, 0.2) is 267 Å². The summed E-state index contributed by atoms with van der Waals surface area (Å²) in [6.07, 6.45) is 0. The first-order valence-corrected chi connectivity index (χ1v) is 25.2. The van der Waals surface area contributed by atoms with Crippen LogP contribution in [-0.4, -0.2) is 9.97 Å². The van der Waals surface area contributed by atoms with Crippen LogP contribution in [0.5, 0.6) is 0 Å². The molecule has 15 rings (SSSR count). The van der Waals surface area contributed by atoms with E-state index in [1.165, 1.54) is 99.1 Å². The molecule has 2 aliphatic rings. The van der Waals surface area contributed by atoms with Crippen LogP contribution in [0.3, 0.4) is 0 Å². The number of aromatic nitrogens is 2. The first-order valence-electron chi connectivity index (χ1n) is 25.2. The highest BCUT2D eigenvalue weighted by Gasteiger charge is 2.51. The standard InChI is InChI=1S/C71H44N2/c1-3-17-45(18-4-1)46-33-35-47(36-34-46)67-44-68(73-70(72-67)48-19-5-2-6-20-48)52-22-15-21-49(41-52)50-37-39-60-61(42-50)55-24-8-7-23-54(55)59-29-16-28-53(69(59)60)51-38-40-66-62(43-51)58-27-11-14-32-65(58)71(66)63-30-12-9-25-56(63)57-26-10-13-31-64(57)71/h1-44H. The van der Waals surface area contributed by atoms with Gasteiger partial charge in [0.1, 0.15) is 0 Å². The molecule has 1 aromatic heterocycles. The van der Waals surface area contributed by atoms with Crippen LogP contribution in [-0.2, 0) is 5.41 Å². The Morgan fingerprint density at radius 3 is 1.36 bits per heavy atom. The van der Waals surface area contributed by atoms with E-state index in [0.29, 0.717) is 5.82 Å². The van der Waals surface area contributed by atoms with Gasteiger partial charge < -0.3 is 0 Å². The highest BCUT2D eigenvalue weighted by atomic mass is 14.9. The van der Waals surface area contributed by atoms with E-state index in [4.69, 9.17) is 9.97 Å². The molecule has 0 amide bonds. The summed E-state index contributed by atoms with van der Waals surface area (Å²) in [6.45, 7) is 0. The van der Waals surface area contributed by atoms with Crippen molar-refractivity contribution in [3.63, 3.8) is 0 Å². The first-order chi connectivity index (χ1) is 36.2. The SMILES string of the molecule is c1ccc(-c2ccc(-c3cc(-c4cccc(-c5ccc6c(c5)c5ccccc5c5cccc(-c7ccc8c(c7)-c7ccccc7C87c8ccccc8-c8ccccc87)c56)c4)nc(-c4ccccc4)n3)cc2)cc1. The Kier molecular flexibility index (Phi) is 9.21. The molecular weight excluding hydrogens is 881 g/mol.